The molecule has 0 spiro atoms. The summed E-state index contributed by atoms with van der Waals surface area (Å²) < 4.78 is 0. The maximum Gasteiger partial charge on any atom is 0.0298 e. The van der Waals surface area contributed by atoms with Crippen LogP contribution in [0.3, 0.4) is 0 Å². The Morgan fingerprint density at radius 1 is 1.67 bits per heavy atom. The third-order valence-electron chi connectivity index (χ3n) is 1.28. The molecular weight excluding hydrogens is 130 g/mol. The first-order valence-electron chi connectivity index (χ1n) is 3.22. The molecule has 0 aliphatic rings. The van der Waals surface area contributed by atoms with Crippen LogP contribution in [0.15, 0.2) is 12.3 Å². The lowest BCUT2D eigenvalue weighted by atomic mass is 10.4. The molecule has 0 unspecified atom stereocenters. The van der Waals surface area contributed by atoms with Gasteiger partial charge in [0.15, 0.2) is 0 Å². The number of thiol groups is 1. The standard InChI is InChI=1S/C7H15NS/c1-4-5-8(3)7(2)6-9/h9H,2,4-6H2,1,3H3. The fraction of sp³-hybridized carbons (Fsp3) is 0.714. The Hall–Kier alpha value is -0.110. The monoisotopic (exact) mass is 145 g/mol. The Morgan fingerprint density at radius 3 is 2.56 bits per heavy atom. The predicted octanol–water partition coefficient (Wildman–Crippen LogP) is 1.77. The van der Waals surface area contributed by atoms with E-state index in [1.807, 2.05) is 7.05 Å². The third kappa shape index (κ3) is 3.46. The SMILES string of the molecule is C=C(CS)N(C)CCC. The average molecular weight is 145 g/mol. The fourth-order valence-corrected chi connectivity index (χ4v) is 0.856. The highest BCUT2D eigenvalue weighted by Gasteiger charge is 1.95. The predicted molar refractivity (Wildman–Crippen MR) is 45.9 cm³/mol. The van der Waals surface area contributed by atoms with Gasteiger partial charge >= 0.3 is 0 Å². The molecule has 0 atom stereocenters. The van der Waals surface area contributed by atoms with E-state index >= 15 is 0 Å². The topological polar surface area (TPSA) is 3.24 Å². The second kappa shape index (κ2) is 4.74. The smallest absolute Gasteiger partial charge is 0.0298 e. The van der Waals surface area contributed by atoms with Gasteiger partial charge in [-0.25, -0.2) is 0 Å². The van der Waals surface area contributed by atoms with Crippen LogP contribution < -0.4 is 0 Å². The molecule has 0 aromatic rings. The summed E-state index contributed by atoms with van der Waals surface area (Å²) in [6.07, 6.45) is 1.17. The summed E-state index contributed by atoms with van der Waals surface area (Å²) in [5.74, 6) is 0.760. The average Bonchev–Trinajstić information content (AvgIpc) is 1.87. The largest absolute Gasteiger partial charge is 0.378 e. The minimum atomic E-state index is 0.760. The molecule has 0 radical (unpaired) electrons. The van der Waals surface area contributed by atoms with Crippen molar-refractivity contribution in [2.24, 2.45) is 0 Å². The minimum Gasteiger partial charge on any atom is -0.378 e. The highest BCUT2D eigenvalue weighted by atomic mass is 32.1. The minimum absolute atomic E-state index is 0.760. The molecule has 0 N–H and O–H groups in total. The Labute approximate surface area is 63.2 Å². The first-order valence-corrected chi connectivity index (χ1v) is 3.85. The van der Waals surface area contributed by atoms with Gasteiger partial charge in [0.1, 0.15) is 0 Å². The van der Waals surface area contributed by atoms with Gasteiger partial charge < -0.3 is 4.90 Å². The van der Waals surface area contributed by atoms with Gasteiger partial charge in [-0.3, -0.25) is 0 Å². The molecule has 0 fully saturated rings. The van der Waals surface area contributed by atoms with Crippen LogP contribution in [0.2, 0.25) is 0 Å². The van der Waals surface area contributed by atoms with Crippen molar-refractivity contribution in [1.29, 1.82) is 0 Å². The Bertz CT molecular complexity index is 90.9. The quantitative estimate of drug-likeness (QED) is 0.590. The van der Waals surface area contributed by atoms with Gasteiger partial charge in [-0.2, -0.15) is 12.6 Å². The van der Waals surface area contributed by atoms with E-state index < -0.39 is 0 Å². The first kappa shape index (κ1) is 8.89. The molecule has 0 aromatic carbocycles. The molecule has 0 bridgehead atoms. The number of hydrogen-bond acceptors (Lipinski definition) is 2. The Balaban J connectivity index is 3.45. The van der Waals surface area contributed by atoms with Crippen molar-refractivity contribution in [3.63, 3.8) is 0 Å². The molecule has 2 heteroatoms. The van der Waals surface area contributed by atoms with E-state index in [9.17, 15) is 0 Å². The summed E-state index contributed by atoms with van der Waals surface area (Å²) in [5.41, 5.74) is 1.10. The molecule has 0 saturated heterocycles. The summed E-state index contributed by atoms with van der Waals surface area (Å²) in [4.78, 5) is 2.13. The van der Waals surface area contributed by atoms with E-state index in [-0.39, 0.29) is 0 Å². The normalized spacial score (nSPS) is 9.22. The van der Waals surface area contributed by atoms with Crippen molar-refractivity contribution in [2.45, 2.75) is 13.3 Å². The van der Waals surface area contributed by atoms with E-state index in [4.69, 9.17) is 0 Å². The van der Waals surface area contributed by atoms with E-state index in [0.29, 0.717) is 0 Å². The van der Waals surface area contributed by atoms with Crippen LogP contribution in [0.25, 0.3) is 0 Å². The second-order valence-electron chi connectivity index (χ2n) is 2.15. The van der Waals surface area contributed by atoms with Crippen LogP contribution in [0.4, 0.5) is 0 Å². The maximum atomic E-state index is 4.11. The third-order valence-corrected chi connectivity index (χ3v) is 1.65. The number of rotatable bonds is 4. The summed E-state index contributed by atoms with van der Waals surface area (Å²) in [6.45, 7) is 7.08. The van der Waals surface area contributed by atoms with Gasteiger partial charge in [0.2, 0.25) is 0 Å². The van der Waals surface area contributed by atoms with Crippen molar-refractivity contribution in [3.8, 4) is 0 Å². The van der Waals surface area contributed by atoms with Crippen molar-refractivity contribution in [3.05, 3.63) is 12.3 Å². The molecule has 1 nitrogen and oxygen atoms in total. The van der Waals surface area contributed by atoms with Crippen LogP contribution in [-0.2, 0) is 0 Å². The maximum absolute atomic E-state index is 4.11. The lowest BCUT2D eigenvalue weighted by Gasteiger charge is -2.18. The van der Waals surface area contributed by atoms with Crippen molar-refractivity contribution in [2.75, 3.05) is 19.3 Å². The Kier molecular flexibility index (Phi) is 4.68. The summed E-state index contributed by atoms with van der Waals surface area (Å²) in [5, 5.41) is 0. The van der Waals surface area contributed by atoms with E-state index in [2.05, 4.69) is 31.0 Å². The first-order chi connectivity index (χ1) is 4.22. The highest BCUT2D eigenvalue weighted by Crippen LogP contribution is 1.99. The molecule has 0 aliphatic carbocycles. The second-order valence-corrected chi connectivity index (χ2v) is 2.46. The fourth-order valence-electron chi connectivity index (χ4n) is 0.614. The number of nitrogens with zero attached hydrogens (tertiary/aromatic N) is 1. The van der Waals surface area contributed by atoms with Crippen LogP contribution >= 0.6 is 12.6 Å². The van der Waals surface area contributed by atoms with Crippen LogP contribution in [0, 0.1) is 0 Å². The number of hydrogen-bond donors (Lipinski definition) is 1. The molecule has 0 saturated carbocycles. The van der Waals surface area contributed by atoms with Crippen LogP contribution in [0.5, 0.6) is 0 Å². The van der Waals surface area contributed by atoms with E-state index in [0.717, 1.165) is 18.0 Å². The lowest BCUT2D eigenvalue weighted by molar-refractivity contribution is 0.422. The Morgan fingerprint density at radius 2 is 2.22 bits per heavy atom. The molecule has 0 amide bonds. The van der Waals surface area contributed by atoms with Crippen LogP contribution in [0.1, 0.15) is 13.3 Å². The zero-order valence-electron chi connectivity index (χ0n) is 6.22. The summed E-state index contributed by atoms with van der Waals surface area (Å²) in [7, 11) is 2.04. The van der Waals surface area contributed by atoms with Gasteiger partial charge in [0, 0.05) is 25.0 Å². The van der Waals surface area contributed by atoms with E-state index in [1.54, 1.807) is 0 Å². The van der Waals surface area contributed by atoms with Gasteiger partial charge in [0.25, 0.3) is 0 Å². The van der Waals surface area contributed by atoms with Gasteiger partial charge in [-0.05, 0) is 6.42 Å². The molecule has 0 heterocycles. The summed E-state index contributed by atoms with van der Waals surface area (Å²) in [6, 6.07) is 0. The molecule has 0 rings (SSSR count). The molecule has 9 heavy (non-hydrogen) atoms. The van der Waals surface area contributed by atoms with Gasteiger partial charge in [0.05, 0.1) is 0 Å². The molecule has 0 aliphatic heterocycles. The van der Waals surface area contributed by atoms with Crippen molar-refractivity contribution >= 4 is 12.6 Å². The molecular formula is C7H15NS. The van der Waals surface area contributed by atoms with Crippen LogP contribution in [-0.4, -0.2) is 24.2 Å². The highest BCUT2D eigenvalue weighted by molar-refractivity contribution is 7.80. The zero-order valence-corrected chi connectivity index (χ0v) is 7.12. The van der Waals surface area contributed by atoms with Gasteiger partial charge in [-0.1, -0.05) is 13.5 Å². The van der Waals surface area contributed by atoms with E-state index in [1.165, 1.54) is 6.42 Å². The molecule has 54 valence electrons. The van der Waals surface area contributed by atoms with Gasteiger partial charge in [-0.15, -0.1) is 0 Å². The zero-order chi connectivity index (χ0) is 7.28. The summed E-state index contributed by atoms with van der Waals surface area (Å²) >= 11 is 4.11. The molecule has 0 aromatic heterocycles. The lowest BCUT2D eigenvalue weighted by Crippen LogP contribution is -2.18. The van der Waals surface area contributed by atoms with Crippen molar-refractivity contribution in [1.82, 2.24) is 4.90 Å². The van der Waals surface area contributed by atoms with Crippen molar-refractivity contribution < 1.29 is 0 Å².